The summed E-state index contributed by atoms with van der Waals surface area (Å²) in [5.74, 6) is 0.644. The number of ether oxygens (including phenoxy) is 1. The maximum atomic E-state index is 5.52. The minimum atomic E-state index is 0.204. The topological polar surface area (TPSA) is 72.2 Å². The molecule has 2 unspecified atom stereocenters. The summed E-state index contributed by atoms with van der Waals surface area (Å²) in [6.07, 6.45) is 3.71. The first-order valence-corrected chi connectivity index (χ1v) is 6.25. The SMILES string of the molecule is CC1OCCC1Nc1nnc(CNC2CC2)o1. The Bertz CT molecular complexity index is 377. The van der Waals surface area contributed by atoms with Crippen LogP contribution >= 0.6 is 0 Å². The van der Waals surface area contributed by atoms with Crippen LogP contribution in [0.2, 0.25) is 0 Å². The van der Waals surface area contributed by atoms with Gasteiger partial charge in [0.15, 0.2) is 0 Å². The molecule has 2 atom stereocenters. The molecule has 6 nitrogen and oxygen atoms in total. The van der Waals surface area contributed by atoms with Crippen LogP contribution in [0.4, 0.5) is 6.01 Å². The van der Waals surface area contributed by atoms with E-state index in [9.17, 15) is 0 Å². The number of rotatable bonds is 5. The van der Waals surface area contributed by atoms with Gasteiger partial charge in [-0.05, 0) is 26.2 Å². The highest BCUT2D eigenvalue weighted by atomic mass is 16.5. The van der Waals surface area contributed by atoms with Crippen molar-refractivity contribution in [1.29, 1.82) is 0 Å². The van der Waals surface area contributed by atoms with Crippen molar-refractivity contribution in [2.75, 3.05) is 11.9 Å². The Balaban J connectivity index is 1.52. The fourth-order valence-electron chi connectivity index (χ4n) is 1.98. The highest BCUT2D eigenvalue weighted by molar-refractivity contribution is 5.20. The third-order valence-corrected chi connectivity index (χ3v) is 3.27. The van der Waals surface area contributed by atoms with Crippen LogP contribution in [-0.4, -0.2) is 35.0 Å². The summed E-state index contributed by atoms with van der Waals surface area (Å²) in [4.78, 5) is 0. The van der Waals surface area contributed by atoms with Gasteiger partial charge in [0, 0.05) is 12.6 Å². The van der Waals surface area contributed by atoms with E-state index in [-0.39, 0.29) is 12.1 Å². The zero-order valence-corrected chi connectivity index (χ0v) is 9.98. The van der Waals surface area contributed by atoms with E-state index in [1.165, 1.54) is 12.8 Å². The first-order chi connectivity index (χ1) is 8.31. The molecule has 1 aliphatic heterocycles. The molecular weight excluding hydrogens is 220 g/mol. The van der Waals surface area contributed by atoms with Gasteiger partial charge in [-0.25, -0.2) is 0 Å². The summed E-state index contributed by atoms with van der Waals surface area (Å²) in [5.41, 5.74) is 0. The van der Waals surface area contributed by atoms with Gasteiger partial charge in [0.2, 0.25) is 5.89 Å². The van der Waals surface area contributed by atoms with Crippen LogP contribution in [0.5, 0.6) is 0 Å². The third kappa shape index (κ3) is 2.76. The first kappa shape index (κ1) is 11.0. The van der Waals surface area contributed by atoms with E-state index in [2.05, 4.69) is 27.8 Å². The predicted molar refractivity (Wildman–Crippen MR) is 61.6 cm³/mol. The van der Waals surface area contributed by atoms with Gasteiger partial charge >= 0.3 is 6.01 Å². The number of nitrogens with zero attached hydrogens (tertiary/aromatic N) is 2. The summed E-state index contributed by atoms with van der Waals surface area (Å²) in [6.45, 7) is 3.51. The van der Waals surface area contributed by atoms with E-state index in [1.54, 1.807) is 0 Å². The molecule has 0 amide bonds. The maximum absolute atomic E-state index is 5.52. The van der Waals surface area contributed by atoms with Crippen molar-refractivity contribution in [2.45, 2.75) is 50.9 Å². The van der Waals surface area contributed by atoms with E-state index in [1.807, 2.05) is 0 Å². The molecule has 2 heterocycles. The highest BCUT2D eigenvalue weighted by Crippen LogP contribution is 2.20. The molecule has 1 aromatic heterocycles. The quantitative estimate of drug-likeness (QED) is 0.794. The minimum Gasteiger partial charge on any atom is -0.407 e. The van der Waals surface area contributed by atoms with Crippen LogP contribution in [0.1, 0.15) is 32.1 Å². The van der Waals surface area contributed by atoms with Gasteiger partial charge in [-0.3, -0.25) is 0 Å². The summed E-state index contributed by atoms with van der Waals surface area (Å²) < 4.78 is 11.0. The summed E-state index contributed by atoms with van der Waals surface area (Å²) in [7, 11) is 0. The standard InChI is InChI=1S/C11H18N4O2/c1-7-9(4-5-16-7)13-11-15-14-10(17-11)6-12-8-2-3-8/h7-9,12H,2-6H2,1H3,(H,13,15). The minimum absolute atomic E-state index is 0.204. The predicted octanol–water partition coefficient (Wildman–Crippen LogP) is 0.911. The molecule has 6 heteroatoms. The van der Waals surface area contributed by atoms with Gasteiger partial charge in [-0.1, -0.05) is 5.10 Å². The lowest BCUT2D eigenvalue weighted by Gasteiger charge is -2.13. The Morgan fingerprint density at radius 2 is 2.18 bits per heavy atom. The summed E-state index contributed by atoms with van der Waals surface area (Å²) >= 11 is 0. The maximum Gasteiger partial charge on any atom is 0.315 e. The molecule has 0 spiro atoms. The number of hydrogen-bond donors (Lipinski definition) is 2. The smallest absolute Gasteiger partial charge is 0.315 e. The molecular formula is C11H18N4O2. The van der Waals surface area contributed by atoms with Crippen molar-refractivity contribution in [3.8, 4) is 0 Å². The van der Waals surface area contributed by atoms with Crippen LogP contribution in [0.25, 0.3) is 0 Å². The van der Waals surface area contributed by atoms with Gasteiger partial charge in [0.1, 0.15) is 0 Å². The molecule has 0 aromatic carbocycles. The molecule has 1 saturated carbocycles. The average Bonchev–Trinajstić information content (AvgIpc) is 2.92. The molecule has 94 valence electrons. The van der Waals surface area contributed by atoms with Gasteiger partial charge in [0.25, 0.3) is 0 Å². The fourth-order valence-corrected chi connectivity index (χ4v) is 1.98. The molecule has 2 N–H and O–H groups in total. The molecule has 2 aliphatic rings. The second-order valence-electron chi connectivity index (χ2n) is 4.77. The number of hydrogen-bond acceptors (Lipinski definition) is 6. The molecule has 1 aliphatic carbocycles. The Labute approximate surface area is 100 Å². The summed E-state index contributed by atoms with van der Waals surface area (Å²) in [5, 5.41) is 14.6. The van der Waals surface area contributed by atoms with E-state index in [4.69, 9.17) is 9.15 Å². The van der Waals surface area contributed by atoms with E-state index in [0.717, 1.165) is 13.0 Å². The molecule has 1 saturated heterocycles. The Kier molecular flexibility index (Phi) is 2.98. The fraction of sp³-hybridized carbons (Fsp3) is 0.818. The van der Waals surface area contributed by atoms with Crippen molar-refractivity contribution in [1.82, 2.24) is 15.5 Å². The largest absolute Gasteiger partial charge is 0.407 e. The van der Waals surface area contributed by atoms with Crippen molar-refractivity contribution in [3.63, 3.8) is 0 Å². The lowest BCUT2D eigenvalue weighted by Crippen LogP contribution is -2.26. The van der Waals surface area contributed by atoms with Gasteiger partial charge in [-0.2, -0.15) is 0 Å². The molecule has 0 radical (unpaired) electrons. The molecule has 0 bridgehead atoms. The Morgan fingerprint density at radius 1 is 1.29 bits per heavy atom. The van der Waals surface area contributed by atoms with E-state index < -0.39 is 0 Å². The Hall–Kier alpha value is -1.14. The molecule has 1 aromatic rings. The van der Waals surface area contributed by atoms with Crippen molar-refractivity contribution < 1.29 is 9.15 Å². The third-order valence-electron chi connectivity index (χ3n) is 3.27. The van der Waals surface area contributed by atoms with E-state index in [0.29, 0.717) is 24.5 Å². The number of anilines is 1. The molecule has 2 fully saturated rings. The van der Waals surface area contributed by atoms with Gasteiger partial charge < -0.3 is 19.8 Å². The van der Waals surface area contributed by atoms with Crippen LogP contribution < -0.4 is 10.6 Å². The second-order valence-corrected chi connectivity index (χ2v) is 4.77. The number of aromatic nitrogens is 2. The van der Waals surface area contributed by atoms with E-state index >= 15 is 0 Å². The Morgan fingerprint density at radius 3 is 2.88 bits per heavy atom. The first-order valence-electron chi connectivity index (χ1n) is 6.25. The molecule has 3 rings (SSSR count). The average molecular weight is 238 g/mol. The van der Waals surface area contributed by atoms with Crippen LogP contribution in [-0.2, 0) is 11.3 Å². The highest BCUT2D eigenvalue weighted by Gasteiger charge is 2.26. The van der Waals surface area contributed by atoms with Crippen LogP contribution in [0, 0.1) is 0 Å². The van der Waals surface area contributed by atoms with Gasteiger partial charge in [-0.15, -0.1) is 5.10 Å². The zero-order valence-electron chi connectivity index (χ0n) is 9.98. The molecule has 17 heavy (non-hydrogen) atoms. The van der Waals surface area contributed by atoms with Crippen molar-refractivity contribution in [3.05, 3.63) is 5.89 Å². The van der Waals surface area contributed by atoms with Gasteiger partial charge in [0.05, 0.1) is 18.7 Å². The van der Waals surface area contributed by atoms with Crippen molar-refractivity contribution >= 4 is 6.01 Å². The lowest BCUT2D eigenvalue weighted by molar-refractivity contribution is 0.121. The monoisotopic (exact) mass is 238 g/mol. The number of nitrogens with one attached hydrogen (secondary N) is 2. The zero-order chi connectivity index (χ0) is 11.7. The van der Waals surface area contributed by atoms with Crippen molar-refractivity contribution in [2.24, 2.45) is 0 Å². The second kappa shape index (κ2) is 4.62. The summed E-state index contributed by atoms with van der Waals surface area (Å²) in [6, 6.07) is 1.43. The normalized spacial score (nSPS) is 28.5. The van der Waals surface area contributed by atoms with Crippen LogP contribution in [0.15, 0.2) is 4.42 Å². The lowest BCUT2D eigenvalue weighted by atomic mass is 10.2. The van der Waals surface area contributed by atoms with Crippen LogP contribution in [0.3, 0.4) is 0 Å².